The highest BCUT2D eigenvalue weighted by atomic mass is 79.9. The summed E-state index contributed by atoms with van der Waals surface area (Å²) >= 11 is 3.78. The van der Waals surface area contributed by atoms with Crippen LogP contribution in [0, 0.1) is 0 Å². The van der Waals surface area contributed by atoms with Crippen LogP contribution in [0.4, 0.5) is 0 Å². The Labute approximate surface area is 145 Å². The highest BCUT2D eigenvalue weighted by molar-refractivity contribution is 9.15. The smallest absolute Gasteiger partial charge is 0.0614 e. The topological polar surface area (TPSA) is 32.5 Å². The van der Waals surface area contributed by atoms with E-state index < -0.39 is 0 Å². The quantitative estimate of drug-likeness (QED) is 0.781. The Bertz CT molecular complexity index is 748. The van der Waals surface area contributed by atoms with Crippen LogP contribution in [0.25, 0.3) is 10.6 Å². The molecule has 118 valence electrons. The Hall–Kier alpha value is -1.46. The van der Waals surface area contributed by atoms with Crippen LogP contribution < -0.4 is 5.84 Å². The van der Waals surface area contributed by atoms with Crippen LogP contribution >= 0.6 is 15.9 Å². The number of piperazine rings is 1. The van der Waals surface area contributed by atoms with Crippen LogP contribution in [0.2, 0.25) is 0 Å². The summed E-state index contributed by atoms with van der Waals surface area (Å²) in [4.78, 5) is 2.56. The summed E-state index contributed by atoms with van der Waals surface area (Å²) in [5.74, 6) is 5.96. The van der Waals surface area contributed by atoms with E-state index in [0.717, 1.165) is 30.7 Å². The van der Waals surface area contributed by atoms with Gasteiger partial charge in [0.1, 0.15) is 0 Å². The van der Waals surface area contributed by atoms with Gasteiger partial charge in [0.15, 0.2) is 0 Å². The minimum absolute atomic E-state index is 0.280. The first-order valence-electron chi connectivity index (χ1n) is 8.03. The minimum atomic E-state index is 0.280. The van der Waals surface area contributed by atoms with Gasteiger partial charge in [0.05, 0.1) is 6.04 Å². The van der Waals surface area contributed by atoms with Gasteiger partial charge < -0.3 is 0 Å². The van der Waals surface area contributed by atoms with E-state index in [1.807, 2.05) is 5.01 Å². The highest BCUT2D eigenvalue weighted by Gasteiger charge is 2.30. The zero-order valence-corrected chi connectivity index (χ0v) is 14.5. The van der Waals surface area contributed by atoms with Gasteiger partial charge in [0.25, 0.3) is 0 Å². The summed E-state index contributed by atoms with van der Waals surface area (Å²) in [5.41, 5.74) is 5.31. The highest BCUT2D eigenvalue weighted by Crippen LogP contribution is 2.41. The number of hydrazine groups is 1. The zero-order chi connectivity index (χ0) is 15.8. The van der Waals surface area contributed by atoms with E-state index >= 15 is 0 Å². The summed E-state index contributed by atoms with van der Waals surface area (Å²) in [5, 5.41) is 1.92. The molecule has 2 aliphatic rings. The summed E-state index contributed by atoms with van der Waals surface area (Å²) in [6, 6.07) is 17.7. The monoisotopic (exact) mass is 369 g/mol. The van der Waals surface area contributed by atoms with Crippen molar-refractivity contribution in [3.8, 4) is 0 Å². The number of hydrogen-bond acceptors (Lipinski definition) is 3. The van der Waals surface area contributed by atoms with E-state index in [9.17, 15) is 0 Å². The molecule has 1 atom stereocenters. The largest absolute Gasteiger partial charge is 0.290 e. The number of fused-ring (bicyclic) bond motifs is 2. The molecule has 4 rings (SSSR count). The molecule has 2 aromatic carbocycles. The average Bonchev–Trinajstić information content (AvgIpc) is 2.70. The van der Waals surface area contributed by atoms with Gasteiger partial charge in [-0.15, -0.1) is 0 Å². The molecule has 2 aromatic rings. The maximum Gasteiger partial charge on any atom is 0.0614 e. The van der Waals surface area contributed by atoms with E-state index in [1.54, 1.807) is 0 Å². The Morgan fingerprint density at radius 2 is 1.52 bits per heavy atom. The lowest BCUT2D eigenvalue weighted by atomic mass is 9.92. The van der Waals surface area contributed by atoms with Crippen LogP contribution in [0.15, 0.2) is 48.5 Å². The predicted octanol–water partition coefficient (Wildman–Crippen LogP) is 3.47. The lowest BCUT2D eigenvalue weighted by molar-refractivity contribution is 0.110. The fourth-order valence-corrected chi connectivity index (χ4v) is 4.22. The van der Waals surface area contributed by atoms with E-state index in [2.05, 4.69) is 75.4 Å². The van der Waals surface area contributed by atoms with Crippen molar-refractivity contribution in [2.45, 2.75) is 6.04 Å². The first-order chi connectivity index (χ1) is 11.2. The normalized spacial score (nSPS) is 22.0. The van der Waals surface area contributed by atoms with Crippen molar-refractivity contribution in [2.24, 2.45) is 5.84 Å². The second kappa shape index (κ2) is 6.21. The molecule has 0 saturated carbocycles. The Morgan fingerprint density at radius 1 is 0.870 bits per heavy atom. The number of hydrogen-bond donors (Lipinski definition) is 1. The van der Waals surface area contributed by atoms with E-state index in [0.29, 0.717) is 0 Å². The predicted molar refractivity (Wildman–Crippen MR) is 98.9 cm³/mol. The van der Waals surface area contributed by atoms with Crippen molar-refractivity contribution < 1.29 is 0 Å². The van der Waals surface area contributed by atoms with Crippen molar-refractivity contribution in [2.75, 3.05) is 26.2 Å². The molecular weight excluding hydrogens is 350 g/mol. The second-order valence-corrected chi connectivity index (χ2v) is 7.04. The Morgan fingerprint density at radius 3 is 2.30 bits per heavy atom. The molecule has 0 spiro atoms. The minimum Gasteiger partial charge on any atom is -0.290 e. The van der Waals surface area contributed by atoms with Crippen molar-refractivity contribution in [3.05, 3.63) is 70.8 Å². The summed E-state index contributed by atoms with van der Waals surface area (Å²) < 4.78 is 1.15. The summed E-state index contributed by atoms with van der Waals surface area (Å²) in [6.45, 7) is 3.80. The van der Waals surface area contributed by atoms with Gasteiger partial charge in [-0.25, -0.2) is 5.01 Å². The average molecular weight is 370 g/mol. The first kappa shape index (κ1) is 15.1. The van der Waals surface area contributed by atoms with Crippen molar-refractivity contribution in [3.63, 3.8) is 0 Å². The maximum atomic E-state index is 5.96. The number of nitrogens with zero attached hydrogens (tertiary/aromatic N) is 2. The summed E-state index contributed by atoms with van der Waals surface area (Å²) in [7, 11) is 0. The molecule has 0 unspecified atom stereocenters. The van der Waals surface area contributed by atoms with Gasteiger partial charge in [-0.2, -0.15) is 0 Å². The van der Waals surface area contributed by atoms with Gasteiger partial charge in [-0.05, 0) is 28.3 Å². The molecule has 3 nitrogen and oxygen atoms in total. The van der Waals surface area contributed by atoms with Gasteiger partial charge in [-0.1, -0.05) is 64.5 Å². The lowest BCUT2D eigenvalue weighted by Crippen LogP contribution is -2.50. The SMILES string of the molecule is NN1CCN([C@@H]2c3ccccc3C=C(Br)c3ccccc32)CC1. The number of benzene rings is 2. The first-order valence-corrected chi connectivity index (χ1v) is 8.82. The van der Waals surface area contributed by atoms with Crippen LogP contribution in [0.1, 0.15) is 28.3 Å². The standard InChI is InChI=1S/C19H20BrN3/c20-18-13-14-5-1-2-6-15(14)19(17-8-4-3-7-16(17)18)22-9-11-23(21)12-10-22/h1-8,13,19H,9-12,21H2/t19-/m1/s1. The van der Waals surface area contributed by atoms with Crippen LogP contribution in [0.3, 0.4) is 0 Å². The molecule has 1 fully saturated rings. The molecule has 1 saturated heterocycles. The molecule has 0 bridgehead atoms. The second-order valence-electron chi connectivity index (χ2n) is 6.18. The van der Waals surface area contributed by atoms with E-state index in [4.69, 9.17) is 5.84 Å². The van der Waals surface area contributed by atoms with Crippen LogP contribution in [-0.4, -0.2) is 36.1 Å². The molecule has 4 heteroatoms. The molecule has 2 N–H and O–H groups in total. The van der Waals surface area contributed by atoms with E-state index in [1.165, 1.54) is 22.3 Å². The fraction of sp³-hybridized carbons (Fsp3) is 0.263. The van der Waals surface area contributed by atoms with Crippen molar-refractivity contribution in [1.29, 1.82) is 0 Å². The third kappa shape index (κ3) is 2.76. The molecule has 23 heavy (non-hydrogen) atoms. The Balaban J connectivity index is 1.87. The Kier molecular flexibility index (Phi) is 4.07. The summed E-state index contributed by atoms with van der Waals surface area (Å²) in [6.07, 6.45) is 2.24. The van der Waals surface area contributed by atoms with E-state index in [-0.39, 0.29) is 6.04 Å². The van der Waals surface area contributed by atoms with Crippen LogP contribution in [0.5, 0.6) is 0 Å². The third-order valence-electron chi connectivity index (χ3n) is 4.80. The number of halogens is 1. The zero-order valence-electron chi connectivity index (χ0n) is 13.0. The molecule has 0 radical (unpaired) electrons. The third-order valence-corrected chi connectivity index (χ3v) is 5.46. The van der Waals surface area contributed by atoms with Gasteiger partial charge in [-0.3, -0.25) is 10.7 Å². The van der Waals surface area contributed by atoms with Crippen molar-refractivity contribution >= 4 is 26.5 Å². The molecule has 0 aromatic heterocycles. The molecule has 1 aliphatic heterocycles. The fourth-order valence-electron chi connectivity index (χ4n) is 3.62. The van der Waals surface area contributed by atoms with Gasteiger partial charge in [0.2, 0.25) is 0 Å². The number of rotatable bonds is 1. The molecule has 1 heterocycles. The van der Waals surface area contributed by atoms with Gasteiger partial charge >= 0.3 is 0 Å². The molecule has 1 aliphatic carbocycles. The molecule has 0 amide bonds. The lowest BCUT2D eigenvalue weighted by Gasteiger charge is -2.38. The number of nitrogens with two attached hydrogens (primary N) is 1. The van der Waals surface area contributed by atoms with Crippen LogP contribution in [-0.2, 0) is 0 Å². The molecular formula is C19H20BrN3. The maximum absolute atomic E-state index is 5.96. The van der Waals surface area contributed by atoms with Gasteiger partial charge in [0, 0.05) is 30.7 Å². The van der Waals surface area contributed by atoms with Crippen molar-refractivity contribution in [1.82, 2.24) is 9.91 Å².